The van der Waals surface area contributed by atoms with E-state index in [0.717, 1.165) is 18.8 Å². The van der Waals surface area contributed by atoms with E-state index in [-0.39, 0.29) is 0 Å². The number of nitrogens with two attached hydrogens (primary N) is 1. The van der Waals surface area contributed by atoms with Gasteiger partial charge in [-0.15, -0.1) is 0 Å². The second kappa shape index (κ2) is 5.15. The highest BCUT2D eigenvalue weighted by molar-refractivity contribution is 5.30. The van der Waals surface area contributed by atoms with Crippen LogP contribution in [0.3, 0.4) is 0 Å². The van der Waals surface area contributed by atoms with Crippen LogP contribution in [0.25, 0.3) is 0 Å². The Morgan fingerprint density at radius 3 is 2.88 bits per heavy atom. The molecule has 3 nitrogen and oxygen atoms in total. The Hall–Kier alpha value is -1.61. The van der Waals surface area contributed by atoms with Crippen molar-refractivity contribution in [2.75, 3.05) is 6.54 Å². The Bertz CT molecular complexity index is 500. The summed E-state index contributed by atoms with van der Waals surface area (Å²) in [4.78, 5) is 4.34. The van der Waals surface area contributed by atoms with Crippen molar-refractivity contribution in [2.45, 2.75) is 26.8 Å². The molecule has 0 aliphatic rings. The molecule has 0 saturated carbocycles. The van der Waals surface area contributed by atoms with Gasteiger partial charge in [0.25, 0.3) is 0 Å². The van der Waals surface area contributed by atoms with Crippen molar-refractivity contribution < 1.29 is 0 Å². The molecule has 0 aliphatic carbocycles. The normalized spacial score (nSPS) is 10.8. The summed E-state index contributed by atoms with van der Waals surface area (Å²) in [6, 6.07) is 6.55. The number of aryl methyl sites for hydroxylation is 2. The first-order valence-corrected chi connectivity index (χ1v) is 5.97. The third-order valence-corrected chi connectivity index (χ3v) is 3.01. The van der Waals surface area contributed by atoms with E-state index in [0.29, 0.717) is 6.54 Å². The summed E-state index contributed by atoms with van der Waals surface area (Å²) < 4.78 is 2.18. The van der Waals surface area contributed by atoms with Gasteiger partial charge in [-0.25, -0.2) is 4.98 Å². The molecule has 2 N–H and O–H groups in total. The number of rotatable bonds is 4. The van der Waals surface area contributed by atoms with Crippen LogP contribution in [-0.4, -0.2) is 16.1 Å². The second-order valence-electron chi connectivity index (χ2n) is 4.44. The van der Waals surface area contributed by atoms with Crippen LogP contribution in [-0.2, 0) is 13.0 Å². The van der Waals surface area contributed by atoms with E-state index in [1.54, 1.807) is 0 Å². The smallest absolute Gasteiger partial charge is 0.110 e. The number of hydrogen-bond donors (Lipinski definition) is 1. The lowest BCUT2D eigenvalue weighted by molar-refractivity contribution is 0.713. The van der Waals surface area contributed by atoms with Crippen LogP contribution in [0, 0.1) is 13.8 Å². The summed E-state index contributed by atoms with van der Waals surface area (Å²) in [7, 11) is 0. The maximum absolute atomic E-state index is 5.58. The molecule has 2 aromatic rings. The summed E-state index contributed by atoms with van der Waals surface area (Å²) in [5.41, 5.74) is 9.55. The lowest BCUT2D eigenvalue weighted by atomic mass is 10.1. The van der Waals surface area contributed by atoms with E-state index in [9.17, 15) is 0 Å². The molecule has 17 heavy (non-hydrogen) atoms. The maximum atomic E-state index is 5.58. The van der Waals surface area contributed by atoms with Crippen molar-refractivity contribution in [2.24, 2.45) is 5.73 Å². The average Bonchev–Trinajstić information content (AvgIpc) is 2.72. The molecular formula is C14H19N3. The van der Waals surface area contributed by atoms with E-state index in [1.165, 1.54) is 16.7 Å². The molecule has 90 valence electrons. The lowest BCUT2D eigenvalue weighted by Crippen LogP contribution is -2.11. The largest absolute Gasteiger partial charge is 0.330 e. The van der Waals surface area contributed by atoms with Gasteiger partial charge in [-0.05, 0) is 31.5 Å². The SMILES string of the molecule is Cc1ccc(C)c(Cn2ccnc2CCN)c1. The van der Waals surface area contributed by atoms with Gasteiger partial charge >= 0.3 is 0 Å². The van der Waals surface area contributed by atoms with Gasteiger partial charge in [-0.1, -0.05) is 23.8 Å². The Balaban J connectivity index is 2.25. The second-order valence-corrected chi connectivity index (χ2v) is 4.44. The minimum Gasteiger partial charge on any atom is -0.330 e. The standard InChI is InChI=1S/C14H19N3/c1-11-3-4-12(2)13(9-11)10-17-8-7-16-14(17)5-6-15/h3-4,7-9H,5-6,10,15H2,1-2H3. The predicted octanol–water partition coefficient (Wildman–Crippen LogP) is 2.05. The number of benzene rings is 1. The zero-order valence-electron chi connectivity index (χ0n) is 10.5. The van der Waals surface area contributed by atoms with Gasteiger partial charge in [0.05, 0.1) is 0 Å². The maximum Gasteiger partial charge on any atom is 0.110 e. The number of aromatic nitrogens is 2. The molecule has 2 rings (SSSR count). The average molecular weight is 229 g/mol. The Labute approximate surface area is 102 Å². The third-order valence-electron chi connectivity index (χ3n) is 3.01. The van der Waals surface area contributed by atoms with E-state index in [4.69, 9.17) is 5.73 Å². The van der Waals surface area contributed by atoms with E-state index in [1.807, 2.05) is 12.4 Å². The summed E-state index contributed by atoms with van der Waals surface area (Å²) >= 11 is 0. The van der Waals surface area contributed by atoms with Crippen molar-refractivity contribution in [1.82, 2.24) is 9.55 Å². The van der Waals surface area contributed by atoms with Crippen LogP contribution in [0.5, 0.6) is 0 Å². The van der Waals surface area contributed by atoms with Crippen LogP contribution in [0.15, 0.2) is 30.6 Å². The molecule has 0 fully saturated rings. The van der Waals surface area contributed by atoms with Crippen molar-refractivity contribution in [1.29, 1.82) is 0 Å². The molecule has 0 radical (unpaired) electrons. The minimum absolute atomic E-state index is 0.643. The summed E-state index contributed by atoms with van der Waals surface area (Å²) in [5.74, 6) is 1.06. The molecule has 0 spiro atoms. The molecule has 0 atom stereocenters. The summed E-state index contributed by atoms with van der Waals surface area (Å²) in [5, 5.41) is 0. The molecule has 1 aromatic heterocycles. The monoisotopic (exact) mass is 229 g/mol. The Morgan fingerprint density at radius 1 is 1.29 bits per heavy atom. The molecule has 0 aliphatic heterocycles. The highest BCUT2D eigenvalue weighted by Crippen LogP contribution is 2.13. The summed E-state index contributed by atoms with van der Waals surface area (Å²) in [6.07, 6.45) is 4.70. The molecule has 0 unspecified atom stereocenters. The van der Waals surface area contributed by atoms with E-state index in [2.05, 4.69) is 41.6 Å². The topological polar surface area (TPSA) is 43.8 Å². The van der Waals surface area contributed by atoms with Gasteiger partial charge in [0.15, 0.2) is 0 Å². The zero-order chi connectivity index (χ0) is 12.3. The van der Waals surface area contributed by atoms with Gasteiger partial charge in [-0.2, -0.15) is 0 Å². The molecule has 1 aromatic carbocycles. The van der Waals surface area contributed by atoms with Crippen molar-refractivity contribution in [3.8, 4) is 0 Å². The Morgan fingerprint density at radius 2 is 2.12 bits per heavy atom. The Kier molecular flexibility index (Phi) is 3.59. The predicted molar refractivity (Wildman–Crippen MR) is 70.0 cm³/mol. The molecule has 0 saturated heterocycles. The van der Waals surface area contributed by atoms with E-state index >= 15 is 0 Å². The number of nitrogens with zero attached hydrogens (tertiary/aromatic N) is 2. The number of hydrogen-bond acceptors (Lipinski definition) is 2. The fraction of sp³-hybridized carbons (Fsp3) is 0.357. The molecular weight excluding hydrogens is 210 g/mol. The zero-order valence-corrected chi connectivity index (χ0v) is 10.5. The van der Waals surface area contributed by atoms with Crippen LogP contribution < -0.4 is 5.73 Å². The van der Waals surface area contributed by atoms with Crippen molar-refractivity contribution in [3.63, 3.8) is 0 Å². The minimum atomic E-state index is 0.643. The fourth-order valence-electron chi connectivity index (χ4n) is 2.00. The van der Waals surface area contributed by atoms with Gasteiger partial charge in [0.1, 0.15) is 5.82 Å². The third kappa shape index (κ3) is 2.74. The van der Waals surface area contributed by atoms with Gasteiger partial charge in [0, 0.05) is 25.4 Å². The van der Waals surface area contributed by atoms with E-state index < -0.39 is 0 Å². The number of imidazole rings is 1. The molecule has 1 heterocycles. The van der Waals surface area contributed by atoms with Gasteiger partial charge in [0.2, 0.25) is 0 Å². The summed E-state index contributed by atoms with van der Waals surface area (Å²) in [6.45, 7) is 5.79. The first-order chi connectivity index (χ1) is 8.20. The first kappa shape index (κ1) is 11.9. The molecule has 3 heteroatoms. The fourth-order valence-corrected chi connectivity index (χ4v) is 2.00. The van der Waals surface area contributed by atoms with Crippen molar-refractivity contribution in [3.05, 3.63) is 53.1 Å². The van der Waals surface area contributed by atoms with Crippen LogP contribution in [0.1, 0.15) is 22.5 Å². The molecule has 0 amide bonds. The van der Waals surface area contributed by atoms with Crippen LogP contribution >= 0.6 is 0 Å². The van der Waals surface area contributed by atoms with Crippen LogP contribution in [0.4, 0.5) is 0 Å². The lowest BCUT2D eigenvalue weighted by Gasteiger charge is -2.10. The van der Waals surface area contributed by atoms with Crippen molar-refractivity contribution >= 4 is 0 Å². The quantitative estimate of drug-likeness (QED) is 0.872. The highest BCUT2D eigenvalue weighted by Gasteiger charge is 2.04. The highest BCUT2D eigenvalue weighted by atomic mass is 15.1. The van der Waals surface area contributed by atoms with Gasteiger partial charge in [-0.3, -0.25) is 0 Å². The van der Waals surface area contributed by atoms with Gasteiger partial charge < -0.3 is 10.3 Å². The molecule has 0 bridgehead atoms. The first-order valence-electron chi connectivity index (χ1n) is 5.97. The van der Waals surface area contributed by atoms with Crippen LogP contribution in [0.2, 0.25) is 0 Å².